The zero-order valence-electron chi connectivity index (χ0n) is 24.2. The number of hydrogen-bond acceptors (Lipinski definition) is 5. The van der Waals surface area contributed by atoms with Gasteiger partial charge in [0.25, 0.3) is 0 Å². The average Bonchev–Trinajstić information content (AvgIpc) is 3.76. The number of nitrogens with one attached hydrogen (secondary N) is 4. The number of aromatic carboxylic acids is 1. The molecule has 0 saturated heterocycles. The first-order valence-electron chi connectivity index (χ1n) is 13.9. The molecule has 4 heterocycles. The first kappa shape index (κ1) is 28.5. The van der Waals surface area contributed by atoms with Crippen LogP contribution < -0.4 is 15.4 Å². The molecular weight excluding hydrogens is 569 g/mol. The summed E-state index contributed by atoms with van der Waals surface area (Å²) in [5.74, 6) is -1.32. The second-order valence-electron chi connectivity index (χ2n) is 10.9. The number of halogens is 1. The number of rotatable bonds is 9. The largest absolute Gasteiger partial charge is 0.497 e. The Morgan fingerprint density at radius 2 is 1.98 bits per heavy atom. The number of carbonyl (C=O) groups excluding carboxylic acids is 1. The molecule has 9 nitrogen and oxygen atoms in total. The molecule has 0 radical (unpaired) electrons. The van der Waals surface area contributed by atoms with E-state index < -0.39 is 11.8 Å². The smallest absolute Gasteiger partial charge is 0.352 e. The van der Waals surface area contributed by atoms with Gasteiger partial charge in [-0.1, -0.05) is 13.8 Å². The Morgan fingerprint density at radius 1 is 1.16 bits per heavy atom. The number of aromatic nitrogens is 3. The van der Waals surface area contributed by atoms with E-state index in [-0.39, 0.29) is 29.4 Å². The Labute approximate surface area is 251 Å². The predicted octanol–water partition coefficient (Wildman–Crippen LogP) is 6.39. The molecule has 0 spiro atoms. The zero-order chi connectivity index (χ0) is 30.4. The molecule has 43 heavy (non-hydrogen) atoms. The highest BCUT2D eigenvalue weighted by Crippen LogP contribution is 2.45. The molecule has 5 N–H and O–H groups in total. The molecule has 222 valence electrons. The zero-order valence-corrected chi connectivity index (χ0v) is 25.0. The van der Waals surface area contributed by atoms with Crippen LogP contribution in [0.1, 0.15) is 42.7 Å². The number of carboxylic acids is 1. The van der Waals surface area contributed by atoms with Crippen LogP contribution in [0.15, 0.2) is 59.9 Å². The van der Waals surface area contributed by atoms with Crippen LogP contribution in [0, 0.1) is 5.82 Å². The molecule has 0 saturated carbocycles. The Kier molecular flexibility index (Phi) is 7.43. The molecule has 1 unspecified atom stereocenters. The van der Waals surface area contributed by atoms with Crippen molar-refractivity contribution in [1.29, 1.82) is 0 Å². The van der Waals surface area contributed by atoms with Gasteiger partial charge in [-0.3, -0.25) is 4.79 Å². The molecular formula is C32H32FN5O4S. The molecule has 1 amide bonds. The van der Waals surface area contributed by atoms with E-state index in [1.807, 2.05) is 61.2 Å². The number of benzene rings is 2. The number of carbonyl (C=O) groups is 2. The third-order valence-electron chi connectivity index (χ3n) is 7.70. The fourth-order valence-corrected chi connectivity index (χ4v) is 6.71. The van der Waals surface area contributed by atoms with Crippen LogP contribution in [0.5, 0.6) is 5.75 Å². The van der Waals surface area contributed by atoms with Gasteiger partial charge in [0.15, 0.2) is 0 Å². The van der Waals surface area contributed by atoms with E-state index in [0.717, 1.165) is 27.5 Å². The van der Waals surface area contributed by atoms with Crippen molar-refractivity contribution in [2.75, 3.05) is 13.7 Å². The number of ether oxygens (including phenoxy) is 1. The standard InChI is InChI=1S/C32H32FN5O4S/c1-16(2)28-29(31(32(40)41)37-30(28)23-9-18(33)10-24-20(23)5-7-34-24)22-11-19(42-4)12-25-21(22)6-8-38(25)14-26(39)35-13-27-36-17(3)15-43-27/h5-12,15-16,27,34,36-37H,13-14H2,1-4H3,(H,35,39)(H,40,41). The Balaban J connectivity index is 1.47. The molecule has 3 aromatic heterocycles. The van der Waals surface area contributed by atoms with Crippen molar-refractivity contribution in [2.45, 2.75) is 38.6 Å². The van der Waals surface area contributed by atoms with Gasteiger partial charge in [0, 0.05) is 58.1 Å². The number of fused-ring (bicyclic) bond motifs is 2. The second-order valence-corrected chi connectivity index (χ2v) is 12.0. The highest BCUT2D eigenvalue weighted by atomic mass is 32.2. The number of allylic oxidation sites excluding steroid dienone is 1. The molecule has 0 bridgehead atoms. The van der Waals surface area contributed by atoms with Crippen molar-refractivity contribution < 1.29 is 23.8 Å². The lowest BCUT2D eigenvalue weighted by Crippen LogP contribution is -2.37. The highest BCUT2D eigenvalue weighted by molar-refractivity contribution is 8.03. The van der Waals surface area contributed by atoms with Crippen LogP contribution in [-0.4, -0.2) is 50.5 Å². The van der Waals surface area contributed by atoms with Crippen LogP contribution in [0.4, 0.5) is 4.39 Å². The van der Waals surface area contributed by atoms with Crippen molar-refractivity contribution in [3.8, 4) is 28.1 Å². The molecule has 2 aromatic carbocycles. The van der Waals surface area contributed by atoms with Crippen molar-refractivity contribution in [2.24, 2.45) is 0 Å². The van der Waals surface area contributed by atoms with Gasteiger partial charge in [-0.2, -0.15) is 0 Å². The van der Waals surface area contributed by atoms with Gasteiger partial charge in [0.05, 0.1) is 23.7 Å². The van der Waals surface area contributed by atoms with Crippen LogP contribution >= 0.6 is 11.8 Å². The summed E-state index contributed by atoms with van der Waals surface area (Å²) in [6, 6.07) is 10.2. The van der Waals surface area contributed by atoms with Gasteiger partial charge in [-0.15, -0.1) is 11.8 Å². The summed E-state index contributed by atoms with van der Waals surface area (Å²) in [5.41, 5.74) is 5.42. The lowest BCUT2D eigenvalue weighted by atomic mass is 9.89. The normalized spacial score (nSPS) is 14.8. The van der Waals surface area contributed by atoms with E-state index in [1.54, 1.807) is 25.1 Å². The minimum atomic E-state index is -1.14. The van der Waals surface area contributed by atoms with E-state index in [0.29, 0.717) is 40.2 Å². The van der Waals surface area contributed by atoms with Gasteiger partial charge >= 0.3 is 5.97 Å². The number of amides is 1. The molecule has 11 heteroatoms. The number of aromatic amines is 2. The highest BCUT2D eigenvalue weighted by Gasteiger charge is 2.29. The molecule has 1 aliphatic heterocycles. The maximum absolute atomic E-state index is 14.7. The number of thioether (sulfide) groups is 1. The van der Waals surface area contributed by atoms with Crippen LogP contribution in [0.25, 0.3) is 44.2 Å². The fourth-order valence-electron chi connectivity index (χ4n) is 5.84. The van der Waals surface area contributed by atoms with Crippen molar-refractivity contribution in [3.05, 3.63) is 77.0 Å². The lowest BCUT2D eigenvalue weighted by molar-refractivity contribution is -0.121. The monoisotopic (exact) mass is 601 g/mol. The minimum absolute atomic E-state index is 0.00263. The summed E-state index contributed by atoms with van der Waals surface area (Å²) in [5, 5.41) is 20.4. The molecule has 1 aliphatic rings. The molecule has 0 fully saturated rings. The maximum atomic E-state index is 14.7. The molecule has 0 aliphatic carbocycles. The van der Waals surface area contributed by atoms with E-state index >= 15 is 0 Å². The Hall–Kier alpha value is -4.64. The topological polar surface area (TPSA) is 124 Å². The van der Waals surface area contributed by atoms with Gasteiger partial charge < -0.3 is 35.0 Å². The Morgan fingerprint density at radius 3 is 2.67 bits per heavy atom. The summed E-state index contributed by atoms with van der Waals surface area (Å²) in [7, 11) is 1.55. The van der Waals surface area contributed by atoms with Crippen LogP contribution in [0.2, 0.25) is 0 Å². The van der Waals surface area contributed by atoms with E-state index in [2.05, 4.69) is 20.6 Å². The quantitative estimate of drug-likeness (QED) is 0.133. The molecule has 5 aromatic rings. The van der Waals surface area contributed by atoms with Gasteiger partial charge in [0.1, 0.15) is 23.8 Å². The lowest BCUT2D eigenvalue weighted by Gasteiger charge is -2.16. The van der Waals surface area contributed by atoms with E-state index in [4.69, 9.17) is 4.74 Å². The number of methoxy groups -OCH3 is 1. The average molecular weight is 602 g/mol. The third kappa shape index (κ3) is 5.25. The first-order valence-corrected chi connectivity index (χ1v) is 14.9. The molecule has 1 atom stereocenters. The number of carboxylic acid groups (broad SMARTS) is 1. The predicted molar refractivity (Wildman–Crippen MR) is 168 cm³/mol. The van der Waals surface area contributed by atoms with Crippen molar-refractivity contribution >= 4 is 45.4 Å². The number of H-pyrrole nitrogens is 2. The SMILES string of the molecule is COc1cc(-c2c(C(=O)O)[nH]c(-c3cc(F)cc4[nH]ccc34)c2C(C)C)c2ccn(CC(=O)NCC3NC(C)=CS3)c2c1. The minimum Gasteiger partial charge on any atom is -0.497 e. The number of hydrogen-bond donors (Lipinski definition) is 5. The maximum Gasteiger partial charge on any atom is 0.352 e. The summed E-state index contributed by atoms with van der Waals surface area (Å²) in [6.07, 6.45) is 3.55. The number of nitrogens with zero attached hydrogens (tertiary/aromatic N) is 1. The Bertz CT molecular complexity index is 1920. The summed E-state index contributed by atoms with van der Waals surface area (Å²) < 4.78 is 22.2. The summed E-state index contributed by atoms with van der Waals surface area (Å²) in [4.78, 5) is 31.8. The third-order valence-corrected chi connectivity index (χ3v) is 8.80. The summed E-state index contributed by atoms with van der Waals surface area (Å²) >= 11 is 1.63. The van der Waals surface area contributed by atoms with E-state index in [9.17, 15) is 19.1 Å². The van der Waals surface area contributed by atoms with Gasteiger partial charge in [0.2, 0.25) is 5.91 Å². The van der Waals surface area contributed by atoms with Crippen LogP contribution in [0.3, 0.4) is 0 Å². The van der Waals surface area contributed by atoms with E-state index in [1.165, 1.54) is 12.1 Å². The summed E-state index contributed by atoms with van der Waals surface area (Å²) in [6.45, 7) is 6.51. The first-order chi connectivity index (χ1) is 20.6. The van der Waals surface area contributed by atoms with Crippen molar-refractivity contribution in [1.82, 2.24) is 25.2 Å². The van der Waals surface area contributed by atoms with Crippen LogP contribution in [-0.2, 0) is 11.3 Å². The second kappa shape index (κ2) is 11.2. The van der Waals surface area contributed by atoms with Gasteiger partial charge in [-0.25, -0.2) is 9.18 Å². The van der Waals surface area contributed by atoms with Crippen molar-refractivity contribution in [3.63, 3.8) is 0 Å². The fraction of sp³-hybridized carbons (Fsp3) is 0.250. The molecule has 6 rings (SSSR count). The van der Waals surface area contributed by atoms with Gasteiger partial charge in [-0.05, 0) is 59.7 Å².